The van der Waals surface area contributed by atoms with E-state index in [9.17, 15) is 4.79 Å². The second kappa shape index (κ2) is 5.66. The number of hydrogen-bond donors (Lipinski definition) is 0. The molecule has 1 heterocycles. The number of carbonyl (C=O) groups is 1. The first-order chi connectivity index (χ1) is 10.1. The Morgan fingerprint density at radius 3 is 2.38 bits per heavy atom. The third-order valence-electron chi connectivity index (χ3n) is 3.09. The molecule has 3 rings (SSSR count). The van der Waals surface area contributed by atoms with Crippen LogP contribution in [0.4, 0.5) is 0 Å². The molecule has 3 nitrogen and oxygen atoms in total. The Labute approximate surface area is 131 Å². The van der Waals surface area contributed by atoms with Crippen LogP contribution in [-0.4, -0.2) is 11.9 Å². The molecule has 0 saturated carbocycles. The van der Waals surface area contributed by atoms with E-state index in [0.29, 0.717) is 11.6 Å². The average Bonchev–Trinajstić information content (AvgIpc) is 2.83. The van der Waals surface area contributed by atoms with Gasteiger partial charge < -0.3 is 4.74 Å². The third kappa shape index (κ3) is 3.11. The van der Waals surface area contributed by atoms with E-state index in [1.807, 2.05) is 55.5 Å². The summed E-state index contributed by atoms with van der Waals surface area (Å²) in [6, 6.07) is 15.3. The van der Waals surface area contributed by atoms with Crippen LogP contribution in [0.5, 0.6) is 0 Å². The van der Waals surface area contributed by atoms with E-state index in [0.717, 1.165) is 21.2 Å². The molecular formula is C17H12BrNO2. The maximum atomic E-state index is 11.9. The summed E-state index contributed by atoms with van der Waals surface area (Å²) in [5.41, 5.74) is 3.16. The topological polar surface area (TPSA) is 38.7 Å². The van der Waals surface area contributed by atoms with Crippen LogP contribution in [0.3, 0.4) is 0 Å². The minimum Gasteiger partial charge on any atom is -0.402 e. The van der Waals surface area contributed by atoms with E-state index in [1.54, 1.807) is 6.08 Å². The number of esters is 1. The highest BCUT2D eigenvalue weighted by atomic mass is 79.9. The highest BCUT2D eigenvalue weighted by Gasteiger charge is 2.23. The molecule has 2 aromatic rings. The highest BCUT2D eigenvalue weighted by Crippen LogP contribution is 2.20. The zero-order valence-electron chi connectivity index (χ0n) is 11.3. The fourth-order valence-corrected chi connectivity index (χ4v) is 2.21. The van der Waals surface area contributed by atoms with Crippen molar-refractivity contribution in [2.45, 2.75) is 6.92 Å². The van der Waals surface area contributed by atoms with E-state index in [2.05, 4.69) is 20.9 Å². The lowest BCUT2D eigenvalue weighted by Gasteiger charge is -1.99. The van der Waals surface area contributed by atoms with Crippen molar-refractivity contribution in [2.75, 3.05) is 0 Å². The first-order valence-electron chi connectivity index (χ1n) is 6.47. The van der Waals surface area contributed by atoms with Gasteiger partial charge in [-0.1, -0.05) is 45.8 Å². The van der Waals surface area contributed by atoms with E-state index in [4.69, 9.17) is 4.74 Å². The number of rotatable bonds is 2. The molecule has 2 aromatic carbocycles. The van der Waals surface area contributed by atoms with Crippen molar-refractivity contribution in [1.82, 2.24) is 0 Å². The predicted octanol–water partition coefficient (Wildman–Crippen LogP) is 4.10. The van der Waals surface area contributed by atoms with Crippen LogP contribution in [-0.2, 0) is 9.53 Å². The smallest absolute Gasteiger partial charge is 0.363 e. The molecule has 1 aliphatic heterocycles. The van der Waals surface area contributed by atoms with Gasteiger partial charge in [0.2, 0.25) is 5.90 Å². The standard InChI is InChI=1S/C17H12BrNO2/c1-11-2-6-13(7-3-11)16-19-15(17(20)21-16)10-12-4-8-14(18)9-5-12/h2-10H,1H3/b15-10+. The maximum Gasteiger partial charge on any atom is 0.363 e. The maximum absolute atomic E-state index is 11.9. The summed E-state index contributed by atoms with van der Waals surface area (Å²) in [4.78, 5) is 16.2. The fourth-order valence-electron chi connectivity index (χ4n) is 1.95. The Hall–Kier alpha value is -2.20. The summed E-state index contributed by atoms with van der Waals surface area (Å²) in [5.74, 6) is -0.0724. The van der Waals surface area contributed by atoms with Gasteiger partial charge in [0, 0.05) is 10.0 Å². The molecule has 0 bridgehead atoms. The normalized spacial score (nSPS) is 16.0. The van der Waals surface area contributed by atoms with Crippen LogP contribution in [0, 0.1) is 6.92 Å². The Morgan fingerprint density at radius 1 is 1.05 bits per heavy atom. The number of cyclic esters (lactones) is 1. The van der Waals surface area contributed by atoms with Crippen LogP contribution in [0.25, 0.3) is 6.08 Å². The summed E-state index contributed by atoms with van der Waals surface area (Å²) >= 11 is 3.38. The Kier molecular flexibility index (Phi) is 3.71. The molecule has 0 spiro atoms. The number of ether oxygens (including phenoxy) is 1. The summed E-state index contributed by atoms with van der Waals surface area (Å²) in [6.45, 7) is 2.01. The highest BCUT2D eigenvalue weighted by molar-refractivity contribution is 9.10. The van der Waals surface area contributed by atoms with Gasteiger partial charge in [-0.2, -0.15) is 0 Å². The summed E-state index contributed by atoms with van der Waals surface area (Å²) < 4.78 is 6.22. The molecule has 4 heteroatoms. The number of halogens is 1. The molecule has 0 fully saturated rings. The third-order valence-corrected chi connectivity index (χ3v) is 3.62. The minimum atomic E-state index is -0.423. The number of aryl methyl sites for hydroxylation is 1. The van der Waals surface area contributed by atoms with Crippen molar-refractivity contribution in [3.63, 3.8) is 0 Å². The van der Waals surface area contributed by atoms with Crippen molar-refractivity contribution < 1.29 is 9.53 Å². The molecule has 1 aliphatic rings. The molecular weight excluding hydrogens is 330 g/mol. The molecule has 0 amide bonds. The minimum absolute atomic E-state index is 0.313. The lowest BCUT2D eigenvalue weighted by atomic mass is 10.1. The van der Waals surface area contributed by atoms with E-state index < -0.39 is 5.97 Å². The number of carbonyl (C=O) groups excluding carboxylic acids is 1. The monoisotopic (exact) mass is 341 g/mol. The summed E-state index contributed by atoms with van der Waals surface area (Å²) in [5, 5.41) is 0. The van der Waals surface area contributed by atoms with Crippen LogP contribution >= 0.6 is 15.9 Å². The molecule has 104 valence electrons. The zero-order chi connectivity index (χ0) is 14.8. The molecule has 0 unspecified atom stereocenters. The zero-order valence-corrected chi connectivity index (χ0v) is 12.9. The Bertz CT molecular complexity index is 743. The molecule has 0 atom stereocenters. The first-order valence-corrected chi connectivity index (χ1v) is 7.26. The SMILES string of the molecule is Cc1ccc(C2=N/C(=C/c3ccc(Br)cc3)C(=O)O2)cc1. The molecule has 0 aliphatic carbocycles. The second-order valence-electron chi connectivity index (χ2n) is 4.75. The Morgan fingerprint density at radius 2 is 1.71 bits per heavy atom. The summed E-state index contributed by atoms with van der Waals surface area (Å²) in [7, 11) is 0. The van der Waals surface area contributed by atoms with E-state index >= 15 is 0 Å². The van der Waals surface area contributed by atoms with Crippen LogP contribution in [0.15, 0.2) is 63.7 Å². The van der Waals surface area contributed by atoms with Crippen LogP contribution in [0.2, 0.25) is 0 Å². The van der Waals surface area contributed by atoms with Crippen LogP contribution < -0.4 is 0 Å². The quantitative estimate of drug-likeness (QED) is 0.609. The van der Waals surface area contributed by atoms with Crippen molar-refractivity contribution in [3.8, 4) is 0 Å². The Balaban J connectivity index is 1.91. The number of hydrogen-bond acceptors (Lipinski definition) is 3. The molecule has 0 N–H and O–H groups in total. The number of aliphatic imine (C=N–C) groups is 1. The molecule has 0 radical (unpaired) electrons. The van der Waals surface area contributed by atoms with Gasteiger partial charge in [0.05, 0.1) is 0 Å². The largest absolute Gasteiger partial charge is 0.402 e. The van der Waals surface area contributed by atoms with Gasteiger partial charge in [-0.3, -0.25) is 0 Å². The van der Waals surface area contributed by atoms with Gasteiger partial charge in [-0.15, -0.1) is 0 Å². The van der Waals surface area contributed by atoms with Crippen molar-refractivity contribution in [2.24, 2.45) is 4.99 Å². The van der Waals surface area contributed by atoms with Crippen LogP contribution in [0.1, 0.15) is 16.7 Å². The van der Waals surface area contributed by atoms with Gasteiger partial charge >= 0.3 is 5.97 Å². The predicted molar refractivity (Wildman–Crippen MR) is 85.9 cm³/mol. The van der Waals surface area contributed by atoms with Gasteiger partial charge in [0.15, 0.2) is 5.70 Å². The van der Waals surface area contributed by atoms with Crippen molar-refractivity contribution in [3.05, 3.63) is 75.4 Å². The fraction of sp³-hybridized carbons (Fsp3) is 0.0588. The lowest BCUT2D eigenvalue weighted by Crippen LogP contribution is -2.05. The van der Waals surface area contributed by atoms with Gasteiger partial charge in [-0.25, -0.2) is 9.79 Å². The molecule has 0 saturated heterocycles. The van der Waals surface area contributed by atoms with Crippen molar-refractivity contribution in [1.29, 1.82) is 0 Å². The van der Waals surface area contributed by atoms with E-state index in [-0.39, 0.29) is 0 Å². The number of nitrogens with zero attached hydrogens (tertiary/aromatic N) is 1. The van der Waals surface area contributed by atoms with Crippen molar-refractivity contribution >= 4 is 33.9 Å². The lowest BCUT2D eigenvalue weighted by molar-refractivity contribution is -0.129. The first kappa shape index (κ1) is 13.8. The van der Waals surface area contributed by atoms with Gasteiger partial charge in [-0.05, 0) is 42.8 Å². The van der Waals surface area contributed by atoms with Gasteiger partial charge in [0.1, 0.15) is 0 Å². The summed E-state index contributed by atoms with van der Waals surface area (Å²) in [6.07, 6.45) is 1.72. The molecule has 21 heavy (non-hydrogen) atoms. The number of benzene rings is 2. The van der Waals surface area contributed by atoms with Gasteiger partial charge in [0.25, 0.3) is 0 Å². The van der Waals surface area contributed by atoms with E-state index in [1.165, 1.54) is 0 Å². The molecule has 0 aromatic heterocycles. The average molecular weight is 342 g/mol. The second-order valence-corrected chi connectivity index (χ2v) is 5.67.